The Labute approximate surface area is 104 Å². The molecule has 0 spiro atoms. The van der Waals surface area contributed by atoms with Crippen LogP contribution < -0.4 is 5.32 Å². The molecule has 1 rings (SSSR count). The molecule has 1 aromatic carbocycles. The molecule has 1 aromatic rings. The predicted molar refractivity (Wildman–Crippen MR) is 63.2 cm³/mol. The van der Waals surface area contributed by atoms with Gasteiger partial charge in [0.25, 0.3) is 0 Å². The largest absolute Gasteiger partial charge is 0.416 e. The van der Waals surface area contributed by atoms with Gasteiger partial charge in [-0.3, -0.25) is 4.79 Å². The number of carbonyl (C=O) groups excluding carboxylic acids is 1. The van der Waals surface area contributed by atoms with E-state index in [4.69, 9.17) is 0 Å². The summed E-state index contributed by atoms with van der Waals surface area (Å²) in [4.78, 5) is 11.9. The highest BCUT2D eigenvalue weighted by Crippen LogP contribution is 2.37. The zero-order valence-corrected chi connectivity index (χ0v) is 10.6. The fourth-order valence-corrected chi connectivity index (χ4v) is 1.78. The highest BCUT2D eigenvalue weighted by Gasteiger charge is 2.40. The van der Waals surface area contributed by atoms with E-state index in [-0.39, 0.29) is 5.56 Å². The van der Waals surface area contributed by atoms with Gasteiger partial charge < -0.3 is 5.32 Å². The number of carbonyl (C=O) groups is 1. The third-order valence-electron chi connectivity index (χ3n) is 2.81. The molecule has 0 aliphatic rings. The Morgan fingerprint density at radius 1 is 1.17 bits per heavy atom. The Morgan fingerprint density at radius 3 is 2.11 bits per heavy atom. The summed E-state index contributed by atoms with van der Waals surface area (Å²) in [5.74, 6) is -0.415. The van der Waals surface area contributed by atoms with Gasteiger partial charge in [-0.1, -0.05) is 18.2 Å². The quantitative estimate of drug-likeness (QED) is 0.887. The maximum Gasteiger partial charge on any atom is 0.416 e. The van der Waals surface area contributed by atoms with Crippen LogP contribution in [0.2, 0.25) is 0 Å². The van der Waals surface area contributed by atoms with E-state index in [0.717, 1.165) is 6.07 Å². The molecule has 0 aromatic heterocycles. The molecule has 0 atom stereocenters. The Hall–Kier alpha value is -1.52. The average Bonchev–Trinajstić information content (AvgIpc) is 2.28. The molecule has 0 aliphatic carbocycles. The predicted octanol–water partition coefficient (Wildman–Crippen LogP) is 3.12. The molecule has 0 aliphatic heterocycles. The van der Waals surface area contributed by atoms with Crippen LogP contribution in [0.4, 0.5) is 13.2 Å². The third-order valence-corrected chi connectivity index (χ3v) is 2.81. The standard InChI is InChI=1S/C13H16F3NO/c1-4-17-11(18)12(2,3)9-7-5-6-8-10(9)13(14,15)16/h5-8H,4H2,1-3H3,(H,17,18). The molecule has 1 amide bonds. The van der Waals surface area contributed by atoms with Gasteiger partial charge >= 0.3 is 6.18 Å². The zero-order chi connectivity index (χ0) is 14.0. The summed E-state index contributed by atoms with van der Waals surface area (Å²) in [7, 11) is 0. The molecule has 1 N–H and O–H groups in total. The second-order valence-corrected chi connectivity index (χ2v) is 4.53. The number of alkyl halides is 3. The second kappa shape index (κ2) is 5.00. The lowest BCUT2D eigenvalue weighted by Gasteiger charge is -2.27. The van der Waals surface area contributed by atoms with Crippen molar-refractivity contribution < 1.29 is 18.0 Å². The molecule has 18 heavy (non-hydrogen) atoms. The van der Waals surface area contributed by atoms with Gasteiger partial charge in [0.15, 0.2) is 0 Å². The van der Waals surface area contributed by atoms with Gasteiger partial charge in [0.2, 0.25) is 5.91 Å². The van der Waals surface area contributed by atoms with Crippen molar-refractivity contribution in [1.82, 2.24) is 5.32 Å². The molecule has 0 saturated carbocycles. The second-order valence-electron chi connectivity index (χ2n) is 4.53. The number of rotatable bonds is 3. The lowest BCUT2D eigenvalue weighted by Crippen LogP contribution is -2.41. The first-order valence-corrected chi connectivity index (χ1v) is 5.66. The van der Waals surface area contributed by atoms with Gasteiger partial charge in [-0.25, -0.2) is 0 Å². The first-order valence-electron chi connectivity index (χ1n) is 5.66. The summed E-state index contributed by atoms with van der Waals surface area (Å²) in [5.41, 5.74) is -1.99. The monoisotopic (exact) mass is 259 g/mol. The molecule has 0 bridgehead atoms. The summed E-state index contributed by atoms with van der Waals surface area (Å²) in [6.45, 7) is 5.09. The molecule has 5 heteroatoms. The van der Waals surface area contributed by atoms with Crippen molar-refractivity contribution in [1.29, 1.82) is 0 Å². The number of amides is 1. The van der Waals surface area contributed by atoms with Gasteiger partial charge in [-0.05, 0) is 32.4 Å². The number of benzene rings is 1. The molecule has 0 fully saturated rings. The Kier molecular flexibility index (Phi) is 4.04. The first-order chi connectivity index (χ1) is 8.21. The number of hydrogen-bond acceptors (Lipinski definition) is 1. The topological polar surface area (TPSA) is 29.1 Å². The van der Waals surface area contributed by atoms with Crippen LogP contribution in [0, 0.1) is 0 Å². The summed E-state index contributed by atoms with van der Waals surface area (Å²) < 4.78 is 38.7. The summed E-state index contributed by atoms with van der Waals surface area (Å²) >= 11 is 0. The van der Waals surface area contributed by atoms with Crippen molar-refractivity contribution in [2.24, 2.45) is 0 Å². The zero-order valence-electron chi connectivity index (χ0n) is 10.6. The smallest absolute Gasteiger partial charge is 0.356 e. The van der Waals surface area contributed by atoms with Crippen molar-refractivity contribution in [3.05, 3.63) is 35.4 Å². The average molecular weight is 259 g/mol. The van der Waals surface area contributed by atoms with Crippen molar-refractivity contribution in [2.75, 3.05) is 6.54 Å². The molecule has 0 unspecified atom stereocenters. The van der Waals surface area contributed by atoms with Crippen LogP contribution in [-0.4, -0.2) is 12.5 Å². The van der Waals surface area contributed by atoms with Gasteiger partial charge in [0.1, 0.15) is 0 Å². The van der Waals surface area contributed by atoms with Gasteiger partial charge in [-0.15, -0.1) is 0 Å². The minimum Gasteiger partial charge on any atom is -0.356 e. The number of likely N-dealkylation sites (N-methyl/N-ethyl adjacent to an activating group) is 1. The van der Waals surface area contributed by atoms with E-state index in [1.165, 1.54) is 32.0 Å². The van der Waals surface area contributed by atoms with Crippen LogP contribution in [0.3, 0.4) is 0 Å². The molecule has 2 nitrogen and oxygen atoms in total. The van der Waals surface area contributed by atoms with Crippen molar-refractivity contribution >= 4 is 5.91 Å². The van der Waals surface area contributed by atoms with Crippen LogP contribution in [0.25, 0.3) is 0 Å². The minimum atomic E-state index is -4.46. The van der Waals surface area contributed by atoms with Crippen molar-refractivity contribution in [3.63, 3.8) is 0 Å². The van der Waals surface area contributed by atoms with Crippen LogP contribution in [0.1, 0.15) is 31.9 Å². The molecular weight excluding hydrogens is 243 g/mol. The number of hydrogen-bond donors (Lipinski definition) is 1. The number of halogens is 3. The molecule has 0 radical (unpaired) electrons. The SMILES string of the molecule is CCNC(=O)C(C)(C)c1ccccc1C(F)(F)F. The Morgan fingerprint density at radius 2 is 1.67 bits per heavy atom. The first kappa shape index (κ1) is 14.5. The summed E-state index contributed by atoms with van der Waals surface area (Å²) in [5, 5.41) is 2.56. The Balaban J connectivity index is 3.28. The highest BCUT2D eigenvalue weighted by molar-refractivity contribution is 5.87. The van der Waals surface area contributed by atoms with Gasteiger partial charge in [0.05, 0.1) is 11.0 Å². The normalized spacial score (nSPS) is 12.3. The Bertz CT molecular complexity index is 438. The lowest BCUT2D eigenvalue weighted by atomic mass is 9.80. The molecule has 0 saturated heterocycles. The van der Waals surface area contributed by atoms with Crippen LogP contribution in [-0.2, 0) is 16.4 Å². The van der Waals surface area contributed by atoms with E-state index >= 15 is 0 Å². The highest BCUT2D eigenvalue weighted by atomic mass is 19.4. The summed E-state index contributed by atoms with van der Waals surface area (Å²) in [6.07, 6.45) is -4.46. The van der Waals surface area contributed by atoms with Gasteiger partial charge in [0, 0.05) is 6.54 Å². The van der Waals surface area contributed by atoms with Crippen molar-refractivity contribution in [3.8, 4) is 0 Å². The fraction of sp³-hybridized carbons (Fsp3) is 0.462. The molecular formula is C13H16F3NO. The fourth-order valence-electron chi connectivity index (χ4n) is 1.78. The van der Waals surface area contributed by atoms with E-state index in [1.807, 2.05) is 0 Å². The van der Waals surface area contributed by atoms with E-state index in [1.54, 1.807) is 6.92 Å². The van der Waals surface area contributed by atoms with E-state index in [2.05, 4.69) is 5.32 Å². The van der Waals surface area contributed by atoms with E-state index in [0.29, 0.717) is 6.54 Å². The maximum absolute atomic E-state index is 12.9. The minimum absolute atomic E-state index is 0.0107. The van der Waals surface area contributed by atoms with Gasteiger partial charge in [-0.2, -0.15) is 13.2 Å². The number of nitrogens with one attached hydrogen (secondary N) is 1. The molecule has 0 heterocycles. The van der Waals surface area contributed by atoms with Crippen LogP contribution in [0.15, 0.2) is 24.3 Å². The third kappa shape index (κ3) is 2.83. The van der Waals surface area contributed by atoms with Crippen molar-refractivity contribution in [2.45, 2.75) is 32.4 Å². The van der Waals surface area contributed by atoms with E-state index in [9.17, 15) is 18.0 Å². The molecule has 100 valence electrons. The summed E-state index contributed by atoms with van der Waals surface area (Å²) in [6, 6.07) is 5.17. The lowest BCUT2D eigenvalue weighted by molar-refractivity contribution is -0.139. The maximum atomic E-state index is 12.9. The van der Waals surface area contributed by atoms with Crippen LogP contribution in [0.5, 0.6) is 0 Å². The van der Waals surface area contributed by atoms with Crippen LogP contribution >= 0.6 is 0 Å². The van der Waals surface area contributed by atoms with E-state index < -0.39 is 23.1 Å².